The number of benzene rings is 2. The predicted octanol–water partition coefficient (Wildman–Crippen LogP) is 3.22. The van der Waals surface area contributed by atoms with Crippen molar-refractivity contribution in [1.29, 1.82) is 0 Å². The lowest BCUT2D eigenvalue weighted by Gasteiger charge is -2.14. The third-order valence-corrected chi connectivity index (χ3v) is 4.83. The van der Waals surface area contributed by atoms with Gasteiger partial charge in [0, 0.05) is 12.2 Å². The Morgan fingerprint density at radius 2 is 1.79 bits per heavy atom. The first-order valence-corrected chi connectivity index (χ1v) is 9.52. The van der Waals surface area contributed by atoms with Crippen LogP contribution in [0.1, 0.15) is 30.9 Å². The molecule has 0 spiro atoms. The Morgan fingerprint density at radius 3 is 2.50 bits per heavy atom. The van der Waals surface area contributed by atoms with Gasteiger partial charge in [-0.05, 0) is 44.0 Å². The average Bonchev–Trinajstić information content (AvgIpc) is 2.67. The van der Waals surface area contributed by atoms with Crippen LogP contribution in [0.3, 0.4) is 0 Å². The maximum atomic E-state index is 13.0. The molecule has 0 bridgehead atoms. The van der Waals surface area contributed by atoms with Crippen molar-refractivity contribution in [2.75, 3.05) is 5.32 Å². The van der Waals surface area contributed by atoms with Crippen molar-refractivity contribution in [1.82, 2.24) is 9.13 Å². The molecule has 28 heavy (non-hydrogen) atoms. The molecule has 6 heteroatoms. The van der Waals surface area contributed by atoms with E-state index in [1.54, 1.807) is 24.3 Å². The molecule has 1 amide bonds. The second-order valence-electron chi connectivity index (χ2n) is 7.06. The maximum absolute atomic E-state index is 13.0. The van der Waals surface area contributed by atoms with Gasteiger partial charge in [0.05, 0.1) is 10.9 Å². The highest BCUT2D eigenvalue weighted by Gasteiger charge is 2.15. The number of fused-ring (bicyclic) bond motifs is 1. The second kappa shape index (κ2) is 8.25. The minimum atomic E-state index is -0.451. The molecule has 0 atom stereocenters. The maximum Gasteiger partial charge on any atom is 0.331 e. The van der Waals surface area contributed by atoms with E-state index in [2.05, 4.69) is 5.32 Å². The first-order chi connectivity index (χ1) is 13.4. The number of unbranched alkanes of at least 4 members (excludes halogenated alkanes) is 1. The number of carbonyl (C=O) groups excluding carboxylic acids is 1. The number of nitrogens with zero attached hydrogens (tertiary/aromatic N) is 2. The number of anilines is 1. The van der Waals surface area contributed by atoms with E-state index in [1.165, 1.54) is 9.13 Å². The third-order valence-electron chi connectivity index (χ3n) is 4.83. The number of carbonyl (C=O) groups is 1. The Balaban J connectivity index is 2.01. The Bertz CT molecular complexity index is 1140. The van der Waals surface area contributed by atoms with Gasteiger partial charge in [0.1, 0.15) is 6.54 Å². The topological polar surface area (TPSA) is 73.1 Å². The lowest BCUT2D eigenvalue weighted by molar-refractivity contribution is -0.116. The van der Waals surface area contributed by atoms with Crippen LogP contribution in [0.25, 0.3) is 10.9 Å². The van der Waals surface area contributed by atoms with E-state index in [-0.39, 0.29) is 18.0 Å². The summed E-state index contributed by atoms with van der Waals surface area (Å²) in [5, 5.41) is 3.31. The third kappa shape index (κ3) is 3.91. The van der Waals surface area contributed by atoms with E-state index in [4.69, 9.17) is 0 Å². The Labute approximate surface area is 163 Å². The Morgan fingerprint density at radius 1 is 1.04 bits per heavy atom. The molecule has 3 rings (SSSR count). The minimum absolute atomic E-state index is 0.154. The molecule has 146 valence electrons. The standard InChI is InChI=1S/C22H25N3O3/c1-4-5-12-24-21(27)17-8-6-7-9-19(17)25(22(24)28)14-20(26)23-18-11-10-15(2)13-16(18)3/h6-11,13H,4-5,12,14H2,1-3H3,(H,23,26). The molecule has 0 aliphatic rings. The molecule has 1 N–H and O–H groups in total. The van der Waals surface area contributed by atoms with E-state index < -0.39 is 5.69 Å². The summed E-state index contributed by atoms with van der Waals surface area (Å²) in [6.45, 7) is 6.11. The number of hydrogen-bond donors (Lipinski definition) is 1. The van der Waals surface area contributed by atoms with Crippen molar-refractivity contribution >= 4 is 22.5 Å². The quantitative estimate of drug-likeness (QED) is 0.715. The molecule has 3 aromatic rings. The number of aromatic nitrogens is 2. The molecule has 1 aromatic heterocycles. The van der Waals surface area contributed by atoms with Crippen molar-refractivity contribution in [3.05, 3.63) is 74.4 Å². The number of nitrogens with one attached hydrogen (secondary N) is 1. The molecule has 2 aromatic carbocycles. The number of aryl methyl sites for hydroxylation is 2. The van der Waals surface area contributed by atoms with Crippen LogP contribution in [-0.2, 0) is 17.9 Å². The summed E-state index contributed by atoms with van der Waals surface area (Å²) >= 11 is 0. The van der Waals surface area contributed by atoms with Gasteiger partial charge < -0.3 is 5.32 Å². The van der Waals surface area contributed by atoms with Crippen LogP contribution in [0.2, 0.25) is 0 Å². The van der Waals surface area contributed by atoms with E-state index in [9.17, 15) is 14.4 Å². The van der Waals surface area contributed by atoms with Crippen molar-refractivity contribution in [2.24, 2.45) is 0 Å². The van der Waals surface area contributed by atoms with Crippen LogP contribution < -0.4 is 16.6 Å². The molecule has 0 saturated heterocycles. The zero-order valence-electron chi connectivity index (χ0n) is 16.5. The zero-order chi connectivity index (χ0) is 20.3. The van der Waals surface area contributed by atoms with Crippen LogP contribution in [0, 0.1) is 13.8 Å². The van der Waals surface area contributed by atoms with Crippen LogP contribution in [0.15, 0.2) is 52.1 Å². The summed E-state index contributed by atoms with van der Waals surface area (Å²) in [5.41, 5.74) is 2.50. The van der Waals surface area contributed by atoms with Crippen molar-refractivity contribution in [2.45, 2.75) is 46.7 Å². The SMILES string of the molecule is CCCCn1c(=O)c2ccccc2n(CC(=O)Nc2ccc(C)cc2C)c1=O. The summed E-state index contributed by atoms with van der Waals surface area (Å²) < 4.78 is 2.61. The van der Waals surface area contributed by atoms with E-state index in [0.29, 0.717) is 23.1 Å². The van der Waals surface area contributed by atoms with Gasteiger partial charge in [-0.2, -0.15) is 0 Å². The highest BCUT2D eigenvalue weighted by atomic mass is 16.2. The molecule has 1 heterocycles. The van der Waals surface area contributed by atoms with E-state index in [1.807, 2.05) is 39.0 Å². The van der Waals surface area contributed by atoms with Gasteiger partial charge in [0.2, 0.25) is 5.91 Å². The van der Waals surface area contributed by atoms with Gasteiger partial charge in [0.25, 0.3) is 5.56 Å². The molecular formula is C22H25N3O3. The summed E-state index contributed by atoms with van der Waals surface area (Å²) in [7, 11) is 0. The van der Waals surface area contributed by atoms with Gasteiger partial charge in [-0.3, -0.25) is 18.7 Å². The van der Waals surface area contributed by atoms with Crippen LogP contribution in [0.5, 0.6) is 0 Å². The van der Waals surface area contributed by atoms with Gasteiger partial charge in [-0.1, -0.05) is 43.2 Å². The Kier molecular flexibility index (Phi) is 5.78. The summed E-state index contributed by atoms with van der Waals surface area (Å²) in [6, 6.07) is 12.7. The van der Waals surface area contributed by atoms with E-state index in [0.717, 1.165) is 24.0 Å². The van der Waals surface area contributed by atoms with Gasteiger partial charge in [-0.15, -0.1) is 0 Å². The highest BCUT2D eigenvalue weighted by molar-refractivity contribution is 5.92. The first kappa shape index (κ1) is 19.6. The number of amides is 1. The molecule has 6 nitrogen and oxygen atoms in total. The zero-order valence-corrected chi connectivity index (χ0v) is 16.5. The fourth-order valence-corrected chi connectivity index (χ4v) is 3.32. The molecule has 0 aliphatic carbocycles. The van der Waals surface area contributed by atoms with E-state index >= 15 is 0 Å². The minimum Gasteiger partial charge on any atom is -0.324 e. The molecule has 0 unspecified atom stereocenters. The fraction of sp³-hybridized carbons (Fsp3) is 0.318. The van der Waals surface area contributed by atoms with Crippen LogP contribution in [-0.4, -0.2) is 15.0 Å². The number of hydrogen-bond acceptors (Lipinski definition) is 3. The van der Waals surface area contributed by atoms with Crippen LogP contribution >= 0.6 is 0 Å². The smallest absolute Gasteiger partial charge is 0.324 e. The average molecular weight is 379 g/mol. The molecule has 0 saturated carbocycles. The highest BCUT2D eigenvalue weighted by Crippen LogP contribution is 2.16. The van der Waals surface area contributed by atoms with Crippen LogP contribution in [0.4, 0.5) is 5.69 Å². The molecule has 0 fully saturated rings. The van der Waals surface area contributed by atoms with Crippen molar-refractivity contribution in [3.8, 4) is 0 Å². The second-order valence-corrected chi connectivity index (χ2v) is 7.06. The van der Waals surface area contributed by atoms with Crippen molar-refractivity contribution in [3.63, 3.8) is 0 Å². The molecule has 0 radical (unpaired) electrons. The largest absolute Gasteiger partial charge is 0.331 e. The summed E-state index contributed by atoms with van der Waals surface area (Å²) in [4.78, 5) is 38.3. The summed E-state index contributed by atoms with van der Waals surface area (Å²) in [6.07, 6.45) is 1.59. The Hall–Kier alpha value is -3.15. The van der Waals surface area contributed by atoms with Gasteiger partial charge in [-0.25, -0.2) is 4.79 Å². The van der Waals surface area contributed by atoms with Gasteiger partial charge >= 0.3 is 5.69 Å². The van der Waals surface area contributed by atoms with Gasteiger partial charge in [0.15, 0.2) is 0 Å². The molecule has 0 aliphatic heterocycles. The summed E-state index contributed by atoms with van der Waals surface area (Å²) in [5.74, 6) is -0.306. The lowest BCUT2D eigenvalue weighted by atomic mass is 10.1. The number of rotatable bonds is 6. The lowest BCUT2D eigenvalue weighted by Crippen LogP contribution is -2.41. The monoisotopic (exact) mass is 379 g/mol. The van der Waals surface area contributed by atoms with Crippen molar-refractivity contribution < 1.29 is 4.79 Å². The fourth-order valence-electron chi connectivity index (χ4n) is 3.32. The normalized spacial score (nSPS) is 11.0. The first-order valence-electron chi connectivity index (χ1n) is 9.52. The number of para-hydroxylation sites is 1. The predicted molar refractivity (Wildman–Crippen MR) is 112 cm³/mol. The molecular weight excluding hydrogens is 354 g/mol.